The predicted molar refractivity (Wildman–Crippen MR) is 82.6 cm³/mol. The van der Waals surface area contributed by atoms with Crippen LogP contribution in [0.15, 0.2) is 29.1 Å². The van der Waals surface area contributed by atoms with Crippen molar-refractivity contribution >= 4 is 16.7 Å². The van der Waals surface area contributed by atoms with Gasteiger partial charge in [-0.1, -0.05) is 0 Å². The van der Waals surface area contributed by atoms with Crippen LogP contribution in [0.3, 0.4) is 0 Å². The molecule has 3 aromatic rings. The molecule has 0 amide bonds. The van der Waals surface area contributed by atoms with Gasteiger partial charge in [0.1, 0.15) is 11.4 Å². The van der Waals surface area contributed by atoms with Crippen molar-refractivity contribution in [2.75, 3.05) is 0 Å². The van der Waals surface area contributed by atoms with Crippen molar-refractivity contribution in [2.45, 2.75) is 20.8 Å². The second-order valence-corrected chi connectivity index (χ2v) is 5.21. The highest BCUT2D eigenvalue weighted by atomic mass is 16.6. The van der Waals surface area contributed by atoms with E-state index in [1.807, 2.05) is 6.92 Å². The Labute approximate surface area is 125 Å². The second kappa shape index (κ2) is 4.80. The molecule has 3 rings (SSSR count). The molecule has 1 aromatic carbocycles. The van der Waals surface area contributed by atoms with Crippen molar-refractivity contribution in [3.8, 4) is 5.69 Å². The van der Waals surface area contributed by atoms with E-state index in [2.05, 4.69) is 9.97 Å². The number of nitrogens with zero attached hydrogens (tertiary/aromatic N) is 3. The number of fused-ring (bicyclic) bond motifs is 1. The number of aromatic amines is 1. The first-order valence-electron chi connectivity index (χ1n) is 6.73. The van der Waals surface area contributed by atoms with Crippen LogP contribution in [0.25, 0.3) is 16.6 Å². The van der Waals surface area contributed by atoms with Gasteiger partial charge in [-0.05, 0) is 42.5 Å². The van der Waals surface area contributed by atoms with Gasteiger partial charge < -0.3 is 15.1 Å². The van der Waals surface area contributed by atoms with Gasteiger partial charge in [-0.2, -0.15) is 4.57 Å². The molecule has 0 aliphatic rings. The smallest absolute Gasteiger partial charge is 0.350 e. The average molecular weight is 298 g/mol. The number of nitro groups is 1. The molecule has 0 atom stereocenters. The molecule has 2 aromatic heterocycles. The lowest BCUT2D eigenvalue weighted by Gasteiger charge is -2.07. The molecular formula is C15H14N4O3. The molecule has 0 radical (unpaired) electrons. The molecule has 0 spiro atoms. The monoisotopic (exact) mass is 298 g/mol. The number of H-pyrrole nitrogens is 1. The Hall–Kier alpha value is -2.96. The quantitative estimate of drug-likeness (QED) is 0.581. The van der Waals surface area contributed by atoms with Crippen LogP contribution in [-0.2, 0) is 0 Å². The van der Waals surface area contributed by atoms with Gasteiger partial charge in [0.05, 0.1) is 5.52 Å². The average Bonchev–Trinajstić information content (AvgIpc) is 2.74. The Balaban J connectivity index is 2.35. The molecule has 0 fully saturated rings. The lowest BCUT2D eigenvalue weighted by molar-refractivity contribution is -0.391. The van der Waals surface area contributed by atoms with Crippen molar-refractivity contribution in [1.82, 2.24) is 14.5 Å². The van der Waals surface area contributed by atoms with E-state index in [9.17, 15) is 14.9 Å². The minimum atomic E-state index is -0.429. The Morgan fingerprint density at radius 1 is 1.23 bits per heavy atom. The lowest BCUT2D eigenvalue weighted by Crippen LogP contribution is -2.06. The number of aromatic nitrogens is 3. The molecule has 0 aliphatic heterocycles. The van der Waals surface area contributed by atoms with Gasteiger partial charge in [-0.25, -0.2) is 4.98 Å². The number of imidazole rings is 1. The molecule has 0 aliphatic carbocycles. The zero-order valence-corrected chi connectivity index (χ0v) is 12.4. The van der Waals surface area contributed by atoms with Crippen LogP contribution in [0.5, 0.6) is 0 Å². The number of nitrogens with one attached hydrogen (secondary N) is 1. The van der Waals surface area contributed by atoms with Crippen molar-refractivity contribution < 1.29 is 4.92 Å². The Morgan fingerprint density at radius 2 is 1.95 bits per heavy atom. The molecule has 0 unspecified atom stereocenters. The van der Waals surface area contributed by atoms with Gasteiger partial charge in [0.2, 0.25) is 5.56 Å². The molecular weight excluding hydrogens is 284 g/mol. The van der Waals surface area contributed by atoms with Crippen molar-refractivity contribution in [3.63, 3.8) is 0 Å². The summed E-state index contributed by atoms with van der Waals surface area (Å²) in [6.07, 6.45) is 0. The number of aryl methyl sites for hydroxylation is 3. The Morgan fingerprint density at radius 3 is 2.64 bits per heavy atom. The van der Waals surface area contributed by atoms with Crippen molar-refractivity contribution in [3.05, 3.63) is 61.8 Å². The summed E-state index contributed by atoms with van der Waals surface area (Å²) in [6, 6.07) is 6.75. The molecule has 0 saturated carbocycles. The maximum Gasteiger partial charge on any atom is 0.350 e. The molecule has 112 valence electrons. The number of rotatable bonds is 2. The SMILES string of the molecule is Cc1nc(C)n(-c2cc(C)c3[nH]c(=O)ccc3c2)c1[N+](=O)[O-]. The van der Waals surface area contributed by atoms with E-state index in [1.165, 1.54) is 10.6 Å². The van der Waals surface area contributed by atoms with E-state index >= 15 is 0 Å². The number of benzene rings is 1. The van der Waals surface area contributed by atoms with E-state index in [0.29, 0.717) is 17.2 Å². The van der Waals surface area contributed by atoms with Crippen LogP contribution in [0.4, 0.5) is 5.82 Å². The van der Waals surface area contributed by atoms with E-state index in [4.69, 9.17) is 0 Å². The van der Waals surface area contributed by atoms with Crippen molar-refractivity contribution in [1.29, 1.82) is 0 Å². The summed E-state index contributed by atoms with van der Waals surface area (Å²) >= 11 is 0. The van der Waals surface area contributed by atoms with E-state index in [1.54, 1.807) is 32.0 Å². The van der Waals surface area contributed by atoms with Gasteiger partial charge >= 0.3 is 5.82 Å². The topological polar surface area (TPSA) is 93.8 Å². The maximum absolute atomic E-state index is 11.4. The number of hydrogen-bond donors (Lipinski definition) is 1. The summed E-state index contributed by atoms with van der Waals surface area (Å²) in [4.78, 5) is 29.3. The molecule has 0 saturated heterocycles. The van der Waals surface area contributed by atoms with Gasteiger partial charge in [0.25, 0.3) is 0 Å². The summed E-state index contributed by atoms with van der Waals surface area (Å²) in [6.45, 7) is 5.20. The highest BCUT2D eigenvalue weighted by Gasteiger charge is 2.24. The summed E-state index contributed by atoms with van der Waals surface area (Å²) in [5.74, 6) is 0.507. The van der Waals surface area contributed by atoms with Crippen LogP contribution < -0.4 is 5.56 Å². The number of hydrogen-bond acceptors (Lipinski definition) is 4. The third-order valence-corrected chi connectivity index (χ3v) is 3.63. The molecule has 2 heterocycles. The fourth-order valence-corrected chi connectivity index (χ4v) is 2.74. The van der Waals surface area contributed by atoms with Crippen LogP contribution in [0.2, 0.25) is 0 Å². The van der Waals surface area contributed by atoms with E-state index in [0.717, 1.165) is 16.5 Å². The van der Waals surface area contributed by atoms with Crippen molar-refractivity contribution in [2.24, 2.45) is 0 Å². The first-order chi connectivity index (χ1) is 10.4. The highest BCUT2D eigenvalue weighted by Crippen LogP contribution is 2.27. The third kappa shape index (κ3) is 2.07. The Bertz CT molecular complexity index is 969. The lowest BCUT2D eigenvalue weighted by atomic mass is 10.1. The zero-order chi connectivity index (χ0) is 16.0. The second-order valence-electron chi connectivity index (χ2n) is 5.21. The summed E-state index contributed by atoms with van der Waals surface area (Å²) < 4.78 is 1.52. The fourth-order valence-electron chi connectivity index (χ4n) is 2.74. The normalized spacial score (nSPS) is 11.0. The zero-order valence-electron chi connectivity index (χ0n) is 12.4. The molecule has 7 nitrogen and oxygen atoms in total. The predicted octanol–water partition coefficient (Wildman–Crippen LogP) is 2.55. The summed E-state index contributed by atoms with van der Waals surface area (Å²) in [5.41, 5.74) is 2.42. The Kier molecular flexibility index (Phi) is 3.05. The first-order valence-corrected chi connectivity index (χ1v) is 6.73. The first kappa shape index (κ1) is 14.0. The summed E-state index contributed by atoms with van der Waals surface area (Å²) in [7, 11) is 0. The largest absolute Gasteiger partial charge is 0.358 e. The van der Waals surface area contributed by atoms with Crippen LogP contribution in [0.1, 0.15) is 17.1 Å². The third-order valence-electron chi connectivity index (χ3n) is 3.63. The van der Waals surface area contributed by atoms with Crippen LogP contribution in [0, 0.1) is 30.9 Å². The molecule has 22 heavy (non-hydrogen) atoms. The number of pyridine rings is 1. The molecule has 0 bridgehead atoms. The van der Waals surface area contributed by atoms with Gasteiger partial charge in [-0.15, -0.1) is 0 Å². The molecule has 7 heteroatoms. The van der Waals surface area contributed by atoms with E-state index in [-0.39, 0.29) is 11.4 Å². The van der Waals surface area contributed by atoms with Crippen LogP contribution >= 0.6 is 0 Å². The van der Waals surface area contributed by atoms with Crippen LogP contribution in [-0.4, -0.2) is 19.5 Å². The minimum Gasteiger partial charge on any atom is -0.358 e. The standard InChI is InChI=1S/C15H14N4O3/c1-8-6-12(7-11-4-5-13(20)17-14(8)11)18-10(3)16-9(2)15(18)19(21)22/h4-7H,1-3H3,(H,17,20). The molecule has 1 N–H and O–H groups in total. The maximum atomic E-state index is 11.4. The van der Waals surface area contributed by atoms with Gasteiger partial charge in [0.15, 0.2) is 5.82 Å². The van der Waals surface area contributed by atoms with Gasteiger partial charge in [-0.3, -0.25) is 4.79 Å². The van der Waals surface area contributed by atoms with Gasteiger partial charge in [0, 0.05) is 18.4 Å². The van der Waals surface area contributed by atoms with E-state index < -0.39 is 4.92 Å². The fraction of sp³-hybridized carbons (Fsp3) is 0.200. The minimum absolute atomic E-state index is 0.0410. The summed E-state index contributed by atoms with van der Waals surface area (Å²) in [5, 5.41) is 12.1. The highest BCUT2D eigenvalue weighted by molar-refractivity contribution is 5.84.